The van der Waals surface area contributed by atoms with Crippen LogP contribution in [0.3, 0.4) is 0 Å². The summed E-state index contributed by atoms with van der Waals surface area (Å²) < 4.78 is 10.8. The minimum atomic E-state index is 0.0746. The van der Waals surface area contributed by atoms with E-state index < -0.39 is 0 Å². The third-order valence-corrected chi connectivity index (χ3v) is 2.40. The predicted molar refractivity (Wildman–Crippen MR) is 72.1 cm³/mol. The first kappa shape index (κ1) is 14.8. The van der Waals surface area contributed by atoms with Gasteiger partial charge in [0.2, 0.25) is 0 Å². The second-order valence-electron chi connectivity index (χ2n) is 3.93. The molecule has 0 radical (unpaired) electrons. The van der Waals surface area contributed by atoms with Gasteiger partial charge >= 0.3 is 0 Å². The van der Waals surface area contributed by atoms with Crippen molar-refractivity contribution in [2.75, 3.05) is 13.7 Å². The zero-order valence-corrected chi connectivity index (χ0v) is 11.1. The minimum Gasteiger partial charge on any atom is -0.493 e. The molecule has 0 saturated carbocycles. The quantitative estimate of drug-likeness (QED) is 0.734. The Balaban J connectivity index is 3.06. The first-order valence-electron chi connectivity index (χ1n) is 6.01. The summed E-state index contributed by atoms with van der Waals surface area (Å²) in [7, 11) is 1.61. The van der Waals surface area contributed by atoms with Gasteiger partial charge in [-0.1, -0.05) is 13.0 Å². The monoisotopic (exact) mass is 256 g/mol. The van der Waals surface area contributed by atoms with Crippen molar-refractivity contribution >= 4 is 6.08 Å². The lowest BCUT2D eigenvalue weighted by Crippen LogP contribution is -2.00. The van der Waals surface area contributed by atoms with Crippen molar-refractivity contribution in [3.8, 4) is 17.9 Å². The fraction of sp³-hybridized carbons (Fsp3) is 0.333. The molecule has 0 N–H and O–H groups in total. The molecule has 0 bridgehead atoms. The summed E-state index contributed by atoms with van der Waals surface area (Å²) >= 11 is 0. The van der Waals surface area contributed by atoms with Gasteiger partial charge in [-0.15, -0.1) is 0 Å². The molecular formula is C15H16N2O2. The molecule has 0 fully saturated rings. The van der Waals surface area contributed by atoms with Crippen molar-refractivity contribution < 1.29 is 9.47 Å². The zero-order chi connectivity index (χ0) is 14.1. The van der Waals surface area contributed by atoms with E-state index >= 15 is 0 Å². The average molecular weight is 256 g/mol. The number of benzene rings is 1. The van der Waals surface area contributed by atoms with E-state index in [1.807, 2.05) is 37.3 Å². The van der Waals surface area contributed by atoms with Gasteiger partial charge in [-0.05, 0) is 30.2 Å². The highest BCUT2D eigenvalue weighted by Gasteiger charge is 2.05. The zero-order valence-electron chi connectivity index (χ0n) is 11.1. The largest absolute Gasteiger partial charge is 0.493 e. The molecule has 0 heterocycles. The van der Waals surface area contributed by atoms with Crippen LogP contribution in [0.5, 0.6) is 5.75 Å². The Morgan fingerprint density at radius 1 is 1.32 bits per heavy atom. The van der Waals surface area contributed by atoms with E-state index in [0.717, 1.165) is 23.3 Å². The van der Waals surface area contributed by atoms with Crippen LogP contribution in [0.2, 0.25) is 0 Å². The number of methoxy groups -OCH3 is 1. The molecule has 4 nitrogen and oxygen atoms in total. The Morgan fingerprint density at radius 2 is 2.05 bits per heavy atom. The van der Waals surface area contributed by atoms with Crippen molar-refractivity contribution in [3.63, 3.8) is 0 Å². The Bertz CT molecular complexity index is 520. The number of allylic oxidation sites excluding steroid dienone is 1. The lowest BCUT2D eigenvalue weighted by Gasteiger charge is -2.11. The normalized spacial score (nSPS) is 9.26. The van der Waals surface area contributed by atoms with Crippen molar-refractivity contribution in [3.05, 3.63) is 34.9 Å². The Labute approximate surface area is 113 Å². The third kappa shape index (κ3) is 4.46. The molecule has 0 atom stereocenters. The van der Waals surface area contributed by atoms with Gasteiger partial charge in [0.05, 0.1) is 13.2 Å². The lowest BCUT2D eigenvalue weighted by molar-refractivity contribution is 0.179. The number of rotatable bonds is 6. The van der Waals surface area contributed by atoms with Gasteiger partial charge in [0.25, 0.3) is 0 Å². The highest BCUT2D eigenvalue weighted by atomic mass is 16.5. The van der Waals surface area contributed by atoms with Crippen LogP contribution in [0.1, 0.15) is 24.5 Å². The van der Waals surface area contributed by atoms with E-state index in [4.69, 9.17) is 20.0 Å². The smallest absolute Gasteiger partial charge is 0.130 e. The van der Waals surface area contributed by atoms with Crippen molar-refractivity contribution in [2.45, 2.75) is 20.0 Å². The number of ether oxygens (including phenoxy) is 2. The number of nitriles is 2. The van der Waals surface area contributed by atoms with E-state index in [0.29, 0.717) is 13.2 Å². The molecule has 0 aromatic heterocycles. The van der Waals surface area contributed by atoms with Crippen LogP contribution in [0.4, 0.5) is 0 Å². The van der Waals surface area contributed by atoms with Crippen molar-refractivity contribution in [1.29, 1.82) is 10.5 Å². The summed E-state index contributed by atoms with van der Waals surface area (Å²) in [5, 5.41) is 17.5. The van der Waals surface area contributed by atoms with Crippen LogP contribution >= 0.6 is 0 Å². The molecule has 19 heavy (non-hydrogen) atoms. The molecule has 0 amide bonds. The van der Waals surface area contributed by atoms with Gasteiger partial charge in [-0.3, -0.25) is 0 Å². The summed E-state index contributed by atoms with van der Waals surface area (Å²) in [5.74, 6) is 0.774. The number of nitrogens with zero attached hydrogens (tertiary/aromatic N) is 2. The maximum Gasteiger partial charge on any atom is 0.130 e. The summed E-state index contributed by atoms with van der Waals surface area (Å²) in [6.45, 7) is 3.11. The van der Waals surface area contributed by atoms with Crippen molar-refractivity contribution in [1.82, 2.24) is 0 Å². The van der Waals surface area contributed by atoms with E-state index in [9.17, 15) is 0 Å². The first-order valence-corrected chi connectivity index (χ1v) is 6.01. The maximum atomic E-state index is 8.74. The van der Waals surface area contributed by atoms with Gasteiger partial charge in [-0.2, -0.15) is 10.5 Å². The van der Waals surface area contributed by atoms with E-state index in [1.54, 1.807) is 13.2 Å². The van der Waals surface area contributed by atoms with Crippen LogP contribution in [0.15, 0.2) is 23.8 Å². The number of hydrogen-bond donors (Lipinski definition) is 0. The third-order valence-electron chi connectivity index (χ3n) is 2.40. The van der Waals surface area contributed by atoms with Gasteiger partial charge in [0.1, 0.15) is 23.5 Å². The second kappa shape index (κ2) is 7.92. The Kier molecular flexibility index (Phi) is 6.15. The van der Waals surface area contributed by atoms with Gasteiger partial charge in [-0.25, -0.2) is 0 Å². The molecule has 0 saturated heterocycles. The van der Waals surface area contributed by atoms with E-state index in [2.05, 4.69) is 0 Å². The Hall–Kier alpha value is -2.30. The molecule has 0 aliphatic rings. The summed E-state index contributed by atoms with van der Waals surface area (Å²) in [5.41, 5.74) is 1.76. The molecular weight excluding hydrogens is 240 g/mol. The molecule has 0 unspecified atom stereocenters. The lowest BCUT2D eigenvalue weighted by atomic mass is 10.1. The minimum absolute atomic E-state index is 0.0746. The molecule has 4 heteroatoms. The first-order chi connectivity index (χ1) is 9.24. The fourth-order valence-corrected chi connectivity index (χ4v) is 1.57. The molecule has 0 aliphatic carbocycles. The SMILES string of the molecule is CCCOc1ccc(C=C(C#N)C#N)cc1COC. The van der Waals surface area contributed by atoms with Gasteiger partial charge in [0.15, 0.2) is 0 Å². The van der Waals surface area contributed by atoms with Gasteiger partial charge < -0.3 is 9.47 Å². The van der Waals surface area contributed by atoms with E-state index in [-0.39, 0.29) is 5.57 Å². The second-order valence-corrected chi connectivity index (χ2v) is 3.93. The van der Waals surface area contributed by atoms with Crippen LogP contribution in [-0.4, -0.2) is 13.7 Å². The van der Waals surface area contributed by atoms with Crippen LogP contribution in [0, 0.1) is 22.7 Å². The molecule has 1 aromatic carbocycles. The standard InChI is InChI=1S/C15H16N2O2/c1-3-6-19-15-5-4-12(7-13(9-16)10-17)8-14(15)11-18-2/h4-5,7-8H,3,6,11H2,1-2H3. The van der Waals surface area contributed by atoms with Crippen LogP contribution < -0.4 is 4.74 Å². The Morgan fingerprint density at radius 3 is 2.63 bits per heavy atom. The maximum absolute atomic E-state index is 8.74. The summed E-state index contributed by atoms with van der Waals surface area (Å²) in [6.07, 6.45) is 2.48. The predicted octanol–water partition coefficient (Wildman–Crippen LogP) is 3.05. The van der Waals surface area contributed by atoms with Crippen LogP contribution in [0.25, 0.3) is 6.08 Å². The topological polar surface area (TPSA) is 66.0 Å². The molecule has 1 aromatic rings. The molecule has 0 aliphatic heterocycles. The van der Waals surface area contributed by atoms with Crippen molar-refractivity contribution in [2.24, 2.45) is 0 Å². The summed E-state index contributed by atoms with van der Waals surface area (Å²) in [6, 6.07) is 9.19. The van der Waals surface area contributed by atoms with E-state index in [1.165, 1.54) is 0 Å². The molecule has 1 rings (SSSR count). The van der Waals surface area contributed by atoms with Crippen LogP contribution in [-0.2, 0) is 11.3 Å². The molecule has 0 spiro atoms. The average Bonchev–Trinajstić information content (AvgIpc) is 2.44. The summed E-state index contributed by atoms with van der Waals surface area (Å²) in [4.78, 5) is 0. The highest BCUT2D eigenvalue weighted by Crippen LogP contribution is 2.22. The van der Waals surface area contributed by atoms with Gasteiger partial charge in [0, 0.05) is 12.7 Å². The fourth-order valence-electron chi connectivity index (χ4n) is 1.57. The number of hydrogen-bond acceptors (Lipinski definition) is 4. The molecule has 98 valence electrons. The highest BCUT2D eigenvalue weighted by molar-refractivity contribution is 5.63.